The molecule has 2 aliphatic rings. The van der Waals surface area contributed by atoms with Gasteiger partial charge in [0.05, 0.1) is 5.56 Å². The van der Waals surface area contributed by atoms with E-state index in [-0.39, 0.29) is 5.97 Å². The summed E-state index contributed by atoms with van der Waals surface area (Å²) in [5.41, 5.74) is 4.07. The highest BCUT2D eigenvalue weighted by Crippen LogP contribution is 2.56. The van der Waals surface area contributed by atoms with Crippen LogP contribution in [0.25, 0.3) is 0 Å². The number of nitrogens with one attached hydrogen (secondary N) is 2. The summed E-state index contributed by atoms with van der Waals surface area (Å²) < 4.78 is 12.6. The summed E-state index contributed by atoms with van der Waals surface area (Å²) in [6, 6.07) is 19.7. The number of fused-ring (bicyclic) bond motifs is 6. The molecule has 5 nitrogen and oxygen atoms in total. The normalized spacial score (nSPS) is 17.9. The van der Waals surface area contributed by atoms with Gasteiger partial charge in [-0.15, -0.1) is 0 Å². The Balaban J connectivity index is 1.66. The Labute approximate surface area is 188 Å². The molecule has 0 saturated heterocycles. The highest BCUT2D eigenvalue weighted by molar-refractivity contribution is 5.97. The fraction of sp³-hybridized carbons (Fsp3) is 0.296. The Morgan fingerprint density at radius 1 is 0.875 bits per heavy atom. The van der Waals surface area contributed by atoms with Crippen LogP contribution in [0.5, 0.6) is 11.5 Å². The molecule has 1 atom stereocenters. The quantitative estimate of drug-likeness (QED) is 0.462. The summed E-state index contributed by atoms with van der Waals surface area (Å²) in [5.74, 6) is 1.71. The molecule has 3 aromatic carbocycles. The second kappa shape index (κ2) is 7.90. The number of hydrogen-bond acceptors (Lipinski definition) is 5. The Bertz CT molecular complexity index is 1190. The van der Waals surface area contributed by atoms with Crippen molar-refractivity contribution in [1.82, 2.24) is 0 Å². The van der Waals surface area contributed by atoms with Crippen molar-refractivity contribution in [3.8, 4) is 11.5 Å². The summed E-state index contributed by atoms with van der Waals surface area (Å²) in [4.78, 5) is 12.9. The molecule has 0 fully saturated rings. The lowest BCUT2D eigenvalue weighted by Gasteiger charge is -2.37. The summed E-state index contributed by atoms with van der Waals surface area (Å²) in [5, 5.41) is 6.83. The smallest absolute Gasteiger partial charge is 0.340 e. The highest BCUT2D eigenvalue weighted by Gasteiger charge is 2.53. The molecule has 1 unspecified atom stereocenters. The molecule has 5 heteroatoms. The molecule has 0 amide bonds. The van der Waals surface area contributed by atoms with Crippen LogP contribution < -0.4 is 15.4 Å². The number of anilines is 2. The van der Waals surface area contributed by atoms with Gasteiger partial charge in [0.25, 0.3) is 0 Å². The third kappa shape index (κ3) is 3.20. The fourth-order valence-corrected chi connectivity index (χ4v) is 4.61. The summed E-state index contributed by atoms with van der Waals surface area (Å²) >= 11 is 0. The topological polar surface area (TPSA) is 59.6 Å². The molecule has 0 radical (unpaired) electrons. The molecule has 5 rings (SSSR count). The molecular formula is C27H28N2O3. The highest BCUT2D eigenvalue weighted by atomic mass is 16.6. The average molecular weight is 429 g/mol. The van der Waals surface area contributed by atoms with E-state index in [0.29, 0.717) is 23.0 Å². The second-order valence-electron chi connectivity index (χ2n) is 8.78. The van der Waals surface area contributed by atoms with E-state index in [2.05, 4.69) is 31.4 Å². The molecule has 0 saturated carbocycles. The summed E-state index contributed by atoms with van der Waals surface area (Å²) in [7, 11) is 0. The van der Waals surface area contributed by atoms with Gasteiger partial charge in [0.2, 0.25) is 0 Å². The van der Waals surface area contributed by atoms with Crippen LogP contribution >= 0.6 is 0 Å². The van der Waals surface area contributed by atoms with Crippen LogP contribution in [0.1, 0.15) is 54.2 Å². The van der Waals surface area contributed by atoms with Gasteiger partial charge in [-0.2, -0.15) is 0 Å². The van der Waals surface area contributed by atoms with Crippen molar-refractivity contribution < 1.29 is 14.3 Å². The molecule has 0 aromatic heterocycles. The van der Waals surface area contributed by atoms with Crippen molar-refractivity contribution in [1.29, 1.82) is 0 Å². The van der Waals surface area contributed by atoms with E-state index in [1.165, 1.54) is 0 Å². The molecule has 2 N–H and O–H groups in total. The van der Waals surface area contributed by atoms with E-state index in [1.807, 2.05) is 60.7 Å². The van der Waals surface area contributed by atoms with E-state index < -0.39 is 5.60 Å². The van der Waals surface area contributed by atoms with Crippen molar-refractivity contribution in [3.63, 3.8) is 0 Å². The number of benzene rings is 3. The van der Waals surface area contributed by atoms with Crippen molar-refractivity contribution in [2.24, 2.45) is 5.92 Å². The van der Waals surface area contributed by atoms with Crippen LogP contribution in [0, 0.1) is 5.92 Å². The first-order chi connectivity index (χ1) is 15.5. The first-order valence-electron chi connectivity index (χ1n) is 11.3. The molecular weight excluding hydrogens is 400 g/mol. The van der Waals surface area contributed by atoms with Crippen LogP contribution in [0.15, 0.2) is 60.7 Å². The van der Waals surface area contributed by atoms with Crippen LogP contribution in [-0.2, 0) is 10.3 Å². The first kappa shape index (κ1) is 20.4. The molecule has 2 aliphatic heterocycles. The number of hydrogen-bond donors (Lipinski definition) is 2. The van der Waals surface area contributed by atoms with Gasteiger partial charge in [-0.05, 0) is 49.6 Å². The maximum atomic E-state index is 12.9. The largest absolute Gasteiger partial charge is 0.456 e. The zero-order chi connectivity index (χ0) is 22.3. The number of ether oxygens (including phenoxy) is 2. The van der Waals surface area contributed by atoms with Crippen LogP contribution in [-0.4, -0.2) is 19.1 Å². The van der Waals surface area contributed by atoms with E-state index >= 15 is 0 Å². The Morgan fingerprint density at radius 3 is 2.19 bits per heavy atom. The SMILES string of the molecule is CCNc1ccc2c(c1)Oc1cc(NCCC(C)C)ccc1C21OC(=O)c2ccccc21. The molecule has 3 aromatic rings. The molecule has 164 valence electrons. The number of esters is 1. The van der Waals surface area contributed by atoms with Gasteiger partial charge in [0.1, 0.15) is 11.5 Å². The molecule has 0 aliphatic carbocycles. The average Bonchev–Trinajstić information content (AvgIpc) is 3.07. The van der Waals surface area contributed by atoms with E-state index in [9.17, 15) is 4.79 Å². The Morgan fingerprint density at radius 2 is 1.53 bits per heavy atom. The minimum absolute atomic E-state index is 0.311. The van der Waals surface area contributed by atoms with Crippen LogP contribution in [0.4, 0.5) is 11.4 Å². The maximum absolute atomic E-state index is 12.9. The third-order valence-corrected chi connectivity index (χ3v) is 6.15. The second-order valence-corrected chi connectivity index (χ2v) is 8.78. The standard InChI is InChI=1S/C27H28N2O3/c1-4-28-18-9-11-22-24(15-18)31-25-16-19(29-14-13-17(2)3)10-12-23(25)27(22)21-8-6-5-7-20(21)26(30)32-27/h5-12,15-17,28-29H,4,13-14H2,1-3H3. The fourth-order valence-electron chi connectivity index (χ4n) is 4.61. The lowest BCUT2D eigenvalue weighted by Crippen LogP contribution is -2.33. The summed E-state index contributed by atoms with van der Waals surface area (Å²) in [6.07, 6.45) is 1.09. The number of rotatable bonds is 6. The lowest BCUT2D eigenvalue weighted by atomic mass is 9.77. The summed E-state index contributed by atoms with van der Waals surface area (Å²) in [6.45, 7) is 8.18. The minimum atomic E-state index is -1.02. The lowest BCUT2D eigenvalue weighted by molar-refractivity contribution is 0.0224. The minimum Gasteiger partial charge on any atom is -0.456 e. The van der Waals surface area contributed by atoms with Gasteiger partial charge < -0.3 is 20.1 Å². The monoisotopic (exact) mass is 428 g/mol. The number of carbonyl (C=O) groups excluding carboxylic acids is 1. The Hall–Kier alpha value is -3.47. The predicted molar refractivity (Wildman–Crippen MR) is 127 cm³/mol. The number of carbonyl (C=O) groups is 1. The maximum Gasteiger partial charge on any atom is 0.340 e. The van der Waals surface area contributed by atoms with E-state index in [4.69, 9.17) is 9.47 Å². The van der Waals surface area contributed by atoms with Crippen molar-refractivity contribution in [2.75, 3.05) is 23.7 Å². The van der Waals surface area contributed by atoms with Crippen molar-refractivity contribution in [2.45, 2.75) is 32.8 Å². The molecule has 2 heterocycles. The van der Waals surface area contributed by atoms with Gasteiger partial charge in [0, 0.05) is 53.3 Å². The van der Waals surface area contributed by atoms with Gasteiger partial charge in [-0.25, -0.2) is 4.79 Å². The van der Waals surface area contributed by atoms with Crippen LogP contribution in [0.3, 0.4) is 0 Å². The van der Waals surface area contributed by atoms with Gasteiger partial charge in [0.15, 0.2) is 5.60 Å². The predicted octanol–water partition coefficient (Wildman–Crippen LogP) is 6.14. The van der Waals surface area contributed by atoms with Crippen molar-refractivity contribution >= 4 is 17.3 Å². The van der Waals surface area contributed by atoms with Crippen LogP contribution in [0.2, 0.25) is 0 Å². The first-order valence-corrected chi connectivity index (χ1v) is 11.3. The van der Waals surface area contributed by atoms with E-state index in [1.54, 1.807) is 0 Å². The van der Waals surface area contributed by atoms with E-state index in [0.717, 1.165) is 47.6 Å². The van der Waals surface area contributed by atoms with Crippen molar-refractivity contribution in [3.05, 3.63) is 82.9 Å². The van der Waals surface area contributed by atoms with Gasteiger partial charge in [-0.1, -0.05) is 32.0 Å². The Kier molecular flexibility index (Phi) is 5.04. The zero-order valence-corrected chi connectivity index (χ0v) is 18.7. The van der Waals surface area contributed by atoms with Gasteiger partial charge in [-0.3, -0.25) is 0 Å². The third-order valence-electron chi connectivity index (χ3n) is 6.15. The van der Waals surface area contributed by atoms with Gasteiger partial charge >= 0.3 is 5.97 Å². The zero-order valence-electron chi connectivity index (χ0n) is 18.7. The molecule has 1 spiro atoms. The molecule has 32 heavy (non-hydrogen) atoms. The molecule has 0 bridgehead atoms.